The summed E-state index contributed by atoms with van der Waals surface area (Å²) >= 11 is 0. The van der Waals surface area contributed by atoms with Crippen molar-refractivity contribution in [2.24, 2.45) is 11.5 Å². The van der Waals surface area contributed by atoms with Gasteiger partial charge < -0.3 is 44.2 Å². The molecular formula is C17H42N4O7Si2. The van der Waals surface area contributed by atoms with Crippen LogP contribution in [0, 0.1) is 0 Å². The zero-order chi connectivity index (χ0) is 23.5. The van der Waals surface area contributed by atoms with Gasteiger partial charge in [0.2, 0.25) is 0 Å². The molecule has 180 valence electrons. The summed E-state index contributed by atoms with van der Waals surface area (Å²) in [6, 6.07) is 0.531. The van der Waals surface area contributed by atoms with E-state index in [1.54, 1.807) is 14.2 Å². The van der Waals surface area contributed by atoms with E-state index in [9.17, 15) is 9.59 Å². The van der Waals surface area contributed by atoms with Crippen LogP contribution in [0.15, 0.2) is 0 Å². The molecule has 0 saturated heterocycles. The van der Waals surface area contributed by atoms with E-state index in [2.05, 4.69) is 10.6 Å². The van der Waals surface area contributed by atoms with Crippen LogP contribution >= 0.6 is 0 Å². The highest BCUT2D eigenvalue weighted by atomic mass is 28.4. The van der Waals surface area contributed by atoms with Crippen molar-refractivity contribution in [1.29, 1.82) is 0 Å². The minimum atomic E-state index is -2.56. The molecule has 0 aromatic rings. The van der Waals surface area contributed by atoms with Crippen LogP contribution in [-0.4, -0.2) is 76.6 Å². The lowest BCUT2D eigenvalue weighted by molar-refractivity contribution is 0.0708. The summed E-state index contributed by atoms with van der Waals surface area (Å²) in [6.45, 7) is 10.5. The Morgan fingerprint density at radius 2 is 1.13 bits per heavy atom. The minimum Gasteiger partial charge on any atom is -0.398 e. The Morgan fingerprint density at radius 3 is 1.43 bits per heavy atom. The lowest BCUT2D eigenvalue weighted by atomic mass is 10.5. The molecule has 0 bridgehead atoms. The second-order valence-electron chi connectivity index (χ2n) is 6.31. The van der Waals surface area contributed by atoms with Crippen molar-refractivity contribution in [1.82, 2.24) is 10.6 Å². The molecule has 0 aromatic carbocycles. The Labute approximate surface area is 183 Å². The van der Waals surface area contributed by atoms with Crippen LogP contribution in [0.25, 0.3) is 0 Å². The monoisotopic (exact) mass is 470 g/mol. The van der Waals surface area contributed by atoms with Gasteiger partial charge in [0, 0.05) is 53.2 Å². The molecule has 0 heterocycles. The number of nitrogens with two attached hydrogens (primary N) is 2. The van der Waals surface area contributed by atoms with E-state index in [-0.39, 0.29) is 0 Å². The lowest BCUT2D eigenvalue weighted by Crippen LogP contribution is -2.46. The Balaban J connectivity index is 0. The number of amides is 4. The molecule has 0 fully saturated rings. The molecule has 11 nitrogen and oxygen atoms in total. The molecule has 0 atom stereocenters. The smallest absolute Gasteiger partial charge is 0.398 e. The van der Waals surface area contributed by atoms with Crippen LogP contribution in [0.1, 0.15) is 33.6 Å². The maximum atomic E-state index is 10.5. The summed E-state index contributed by atoms with van der Waals surface area (Å²) in [7, 11) is -1.22. The molecule has 0 radical (unpaired) electrons. The fraction of sp³-hybridized carbons (Fsp3) is 0.882. The van der Waals surface area contributed by atoms with Gasteiger partial charge in [-0.2, -0.15) is 0 Å². The first-order valence-electron chi connectivity index (χ1n) is 10.2. The molecule has 0 aliphatic heterocycles. The van der Waals surface area contributed by atoms with Crippen molar-refractivity contribution in [2.45, 2.75) is 52.2 Å². The SMILES string of the molecule is CCO[Si](CCCNC(N)=O)(OCC)OCC.CO[Si](C)(CCCNC(N)=O)OC. The molecule has 30 heavy (non-hydrogen) atoms. The number of carbonyl (C=O) groups excluding carboxylic acids is 2. The normalized spacial score (nSPS) is 11.4. The number of hydrogen-bond donors (Lipinski definition) is 4. The zero-order valence-corrected chi connectivity index (χ0v) is 21.4. The van der Waals surface area contributed by atoms with Gasteiger partial charge in [0.05, 0.1) is 0 Å². The van der Waals surface area contributed by atoms with Crippen LogP contribution in [0.4, 0.5) is 9.59 Å². The number of carbonyl (C=O) groups is 2. The maximum Gasteiger partial charge on any atom is 0.500 e. The summed E-state index contributed by atoms with van der Waals surface area (Å²) in [5.74, 6) is 0. The van der Waals surface area contributed by atoms with Crippen LogP contribution in [-0.2, 0) is 22.1 Å². The number of hydrogen-bond acceptors (Lipinski definition) is 7. The quantitative estimate of drug-likeness (QED) is 0.197. The standard InChI is InChI=1S/C10H24N2O4Si.C7H18N2O3Si/c1-4-14-17(15-5-2,16-6-3)9-7-8-12-10(11)13;1-11-13(3,12-2)6-4-5-9-7(8)10/h4-9H2,1-3H3,(H3,11,12,13);4-6H2,1-3H3,(H3,8,9,10). The summed E-state index contributed by atoms with van der Waals surface area (Å²) in [5.41, 5.74) is 9.89. The van der Waals surface area contributed by atoms with E-state index in [1.165, 1.54) is 0 Å². The lowest BCUT2D eigenvalue weighted by Gasteiger charge is -2.28. The summed E-state index contributed by atoms with van der Waals surface area (Å²) in [4.78, 5) is 20.9. The molecule has 0 unspecified atom stereocenters. The first-order chi connectivity index (χ1) is 14.1. The predicted molar refractivity (Wildman–Crippen MR) is 120 cm³/mol. The number of primary amides is 2. The van der Waals surface area contributed by atoms with E-state index >= 15 is 0 Å². The third-order valence-electron chi connectivity index (χ3n) is 4.02. The van der Waals surface area contributed by atoms with Gasteiger partial charge in [0.1, 0.15) is 0 Å². The van der Waals surface area contributed by atoms with E-state index in [4.69, 9.17) is 33.6 Å². The van der Waals surface area contributed by atoms with E-state index < -0.39 is 29.4 Å². The molecule has 0 saturated carbocycles. The van der Waals surface area contributed by atoms with Gasteiger partial charge in [-0.25, -0.2) is 9.59 Å². The third-order valence-corrected chi connectivity index (χ3v) is 10.2. The largest absolute Gasteiger partial charge is 0.500 e. The van der Waals surface area contributed by atoms with Crippen LogP contribution in [0.2, 0.25) is 18.6 Å². The first-order valence-corrected chi connectivity index (χ1v) is 14.7. The molecule has 0 aliphatic rings. The fourth-order valence-corrected chi connectivity index (χ4v) is 6.43. The minimum absolute atomic E-state index is 0.488. The van der Waals surface area contributed by atoms with E-state index in [0.717, 1.165) is 18.9 Å². The predicted octanol–water partition coefficient (Wildman–Crippen LogP) is 1.50. The van der Waals surface area contributed by atoms with Gasteiger partial charge in [-0.1, -0.05) is 0 Å². The Hall–Kier alpha value is -1.23. The molecule has 13 heteroatoms. The summed E-state index contributed by atoms with van der Waals surface area (Å²) < 4.78 is 27.5. The molecule has 0 aliphatic carbocycles. The van der Waals surface area contributed by atoms with E-state index in [0.29, 0.717) is 39.0 Å². The number of rotatable bonds is 16. The molecule has 4 amide bonds. The van der Waals surface area contributed by atoms with Crippen molar-refractivity contribution in [3.05, 3.63) is 0 Å². The highest BCUT2D eigenvalue weighted by Crippen LogP contribution is 2.17. The molecule has 0 rings (SSSR count). The Morgan fingerprint density at radius 1 is 0.767 bits per heavy atom. The third kappa shape index (κ3) is 16.6. The fourth-order valence-electron chi connectivity index (χ4n) is 2.43. The van der Waals surface area contributed by atoms with Crippen LogP contribution in [0.5, 0.6) is 0 Å². The van der Waals surface area contributed by atoms with Crippen molar-refractivity contribution in [3.63, 3.8) is 0 Å². The first kappa shape index (κ1) is 31.0. The van der Waals surface area contributed by atoms with Gasteiger partial charge >= 0.3 is 29.4 Å². The maximum absolute atomic E-state index is 10.5. The van der Waals surface area contributed by atoms with Crippen molar-refractivity contribution >= 4 is 29.4 Å². The number of nitrogens with one attached hydrogen (secondary N) is 2. The van der Waals surface area contributed by atoms with Gasteiger partial charge in [0.15, 0.2) is 0 Å². The van der Waals surface area contributed by atoms with Gasteiger partial charge in [-0.3, -0.25) is 0 Å². The highest BCUT2D eigenvalue weighted by molar-refractivity contribution is 6.65. The second-order valence-corrected chi connectivity index (χ2v) is 12.6. The molecule has 6 N–H and O–H groups in total. The van der Waals surface area contributed by atoms with Gasteiger partial charge in [-0.15, -0.1) is 0 Å². The molecular weight excluding hydrogens is 428 g/mol. The van der Waals surface area contributed by atoms with Gasteiger partial charge in [0.25, 0.3) is 0 Å². The average molecular weight is 471 g/mol. The van der Waals surface area contributed by atoms with Gasteiger partial charge in [-0.05, 0) is 46.2 Å². The van der Waals surface area contributed by atoms with Crippen molar-refractivity contribution in [3.8, 4) is 0 Å². The topological polar surface area (TPSA) is 156 Å². The number of urea groups is 2. The van der Waals surface area contributed by atoms with E-state index in [1.807, 2.05) is 27.3 Å². The zero-order valence-electron chi connectivity index (χ0n) is 19.4. The molecule has 0 aromatic heterocycles. The second kappa shape index (κ2) is 18.5. The Kier molecular flexibility index (Phi) is 19.1. The van der Waals surface area contributed by atoms with Crippen molar-refractivity contribution in [2.75, 3.05) is 47.1 Å². The Bertz CT molecular complexity index is 441. The summed E-state index contributed by atoms with van der Waals surface area (Å²) in [6.07, 6.45) is 1.56. The highest BCUT2D eigenvalue weighted by Gasteiger charge is 2.39. The molecule has 0 spiro atoms. The summed E-state index contributed by atoms with van der Waals surface area (Å²) in [5, 5.41) is 5.06. The van der Waals surface area contributed by atoms with Crippen molar-refractivity contribution < 1.29 is 31.7 Å². The van der Waals surface area contributed by atoms with Crippen LogP contribution < -0.4 is 22.1 Å². The van der Waals surface area contributed by atoms with Crippen LogP contribution in [0.3, 0.4) is 0 Å². The average Bonchev–Trinajstić information content (AvgIpc) is 2.69.